The van der Waals surface area contributed by atoms with E-state index in [0.29, 0.717) is 6.42 Å². The monoisotopic (exact) mass is 241 g/mol. The Morgan fingerprint density at radius 3 is 2.12 bits per heavy atom. The smallest absolute Gasteiger partial charge is 0.304 e. The molecule has 0 rings (SSSR count). The lowest BCUT2D eigenvalue weighted by molar-refractivity contribution is -0.136. The number of alkyl halides is 3. The predicted molar refractivity (Wildman–Crippen MR) is 58.8 cm³/mol. The normalized spacial score (nSPS) is 14.4. The average molecular weight is 241 g/mol. The molecule has 98 valence electrons. The quantitative estimate of drug-likeness (QED) is 0.503. The molecule has 0 saturated heterocycles. The Balaban J connectivity index is 3.83. The Kier molecular flexibility index (Phi) is 7.70. The maximum atomic E-state index is 12.0. The number of rotatable bonds is 8. The molecule has 0 saturated carbocycles. The Labute approximate surface area is 95.1 Å². The summed E-state index contributed by atoms with van der Waals surface area (Å²) < 4.78 is 36.0. The van der Waals surface area contributed by atoms with Gasteiger partial charge in [-0.25, -0.2) is 0 Å². The van der Waals surface area contributed by atoms with E-state index in [-0.39, 0.29) is 12.5 Å². The lowest BCUT2D eigenvalue weighted by Crippen LogP contribution is -2.39. The minimum atomic E-state index is -4.09. The van der Waals surface area contributed by atoms with E-state index in [1.807, 2.05) is 13.8 Å². The SMILES string of the molecule is CCN(CC)CCC(CCC(F)(F)F)NN. The zero-order valence-electron chi connectivity index (χ0n) is 9.98. The summed E-state index contributed by atoms with van der Waals surface area (Å²) in [4.78, 5) is 2.16. The molecule has 0 aliphatic carbocycles. The third kappa shape index (κ3) is 7.90. The van der Waals surface area contributed by atoms with Crippen LogP contribution in [-0.2, 0) is 0 Å². The van der Waals surface area contributed by atoms with Gasteiger partial charge in [0.1, 0.15) is 0 Å². The molecule has 0 aliphatic rings. The van der Waals surface area contributed by atoms with E-state index < -0.39 is 12.6 Å². The van der Waals surface area contributed by atoms with Gasteiger partial charge < -0.3 is 4.90 Å². The van der Waals surface area contributed by atoms with Crippen LogP contribution in [0.2, 0.25) is 0 Å². The molecule has 0 spiro atoms. The van der Waals surface area contributed by atoms with Gasteiger partial charge >= 0.3 is 6.18 Å². The van der Waals surface area contributed by atoms with Crippen molar-refractivity contribution in [1.82, 2.24) is 10.3 Å². The van der Waals surface area contributed by atoms with Crippen LogP contribution in [-0.4, -0.2) is 36.8 Å². The summed E-state index contributed by atoms with van der Waals surface area (Å²) in [6, 6.07) is -0.262. The van der Waals surface area contributed by atoms with Crippen LogP contribution in [0, 0.1) is 0 Å². The van der Waals surface area contributed by atoms with Crippen LogP contribution in [0.5, 0.6) is 0 Å². The van der Waals surface area contributed by atoms with Crippen LogP contribution in [0.4, 0.5) is 13.2 Å². The number of hydrogen-bond donors (Lipinski definition) is 2. The second-order valence-electron chi connectivity index (χ2n) is 3.83. The largest absolute Gasteiger partial charge is 0.389 e. The van der Waals surface area contributed by atoms with E-state index in [1.165, 1.54) is 0 Å². The lowest BCUT2D eigenvalue weighted by Gasteiger charge is -2.22. The molecular weight excluding hydrogens is 219 g/mol. The Hall–Kier alpha value is -0.330. The van der Waals surface area contributed by atoms with Gasteiger partial charge in [0.25, 0.3) is 0 Å². The highest BCUT2D eigenvalue weighted by Crippen LogP contribution is 2.22. The fourth-order valence-electron chi connectivity index (χ4n) is 1.53. The number of hydrogen-bond acceptors (Lipinski definition) is 3. The molecule has 0 aliphatic heterocycles. The second kappa shape index (κ2) is 7.86. The van der Waals surface area contributed by atoms with Gasteiger partial charge in [-0.15, -0.1) is 0 Å². The van der Waals surface area contributed by atoms with E-state index >= 15 is 0 Å². The van der Waals surface area contributed by atoms with Crippen molar-refractivity contribution in [2.75, 3.05) is 19.6 Å². The van der Waals surface area contributed by atoms with Crippen LogP contribution in [0.15, 0.2) is 0 Å². The van der Waals surface area contributed by atoms with Crippen molar-refractivity contribution in [3.63, 3.8) is 0 Å². The summed E-state index contributed by atoms with van der Waals surface area (Å²) in [5, 5.41) is 0. The van der Waals surface area contributed by atoms with Crippen molar-refractivity contribution in [2.45, 2.75) is 45.3 Å². The predicted octanol–water partition coefficient (Wildman–Crippen LogP) is 1.89. The number of halogens is 3. The number of hydrazine groups is 1. The molecule has 0 aromatic rings. The maximum absolute atomic E-state index is 12.0. The Bertz CT molecular complexity index is 169. The number of nitrogens with zero attached hydrogens (tertiary/aromatic N) is 1. The van der Waals surface area contributed by atoms with Crippen LogP contribution in [0.1, 0.15) is 33.1 Å². The molecule has 0 aromatic heterocycles. The van der Waals surface area contributed by atoms with Crippen molar-refractivity contribution >= 4 is 0 Å². The summed E-state index contributed by atoms with van der Waals surface area (Å²) in [7, 11) is 0. The lowest BCUT2D eigenvalue weighted by atomic mass is 10.1. The van der Waals surface area contributed by atoms with Crippen molar-refractivity contribution in [3.05, 3.63) is 0 Å². The highest BCUT2D eigenvalue weighted by Gasteiger charge is 2.28. The zero-order valence-corrected chi connectivity index (χ0v) is 9.98. The number of nitrogens with two attached hydrogens (primary N) is 1. The average Bonchev–Trinajstić information content (AvgIpc) is 2.22. The molecular formula is C10H22F3N3. The molecule has 6 heteroatoms. The van der Waals surface area contributed by atoms with Crippen molar-refractivity contribution in [1.29, 1.82) is 0 Å². The third-order valence-electron chi connectivity index (χ3n) is 2.70. The highest BCUT2D eigenvalue weighted by molar-refractivity contribution is 4.68. The summed E-state index contributed by atoms with van der Waals surface area (Å²) in [6.07, 6.45) is -4.18. The maximum Gasteiger partial charge on any atom is 0.389 e. The second-order valence-corrected chi connectivity index (χ2v) is 3.83. The van der Waals surface area contributed by atoms with Crippen LogP contribution >= 0.6 is 0 Å². The van der Waals surface area contributed by atoms with E-state index in [9.17, 15) is 13.2 Å². The van der Waals surface area contributed by atoms with Gasteiger partial charge in [-0.3, -0.25) is 11.3 Å². The molecule has 3 N–H and O–H groups in total. The van der Waals surface area contributed by atoms with Crippen molar-refractivity contribution in [2.24, 2.45) is 5.84 Å². The summed E-state index contributed by atoms with van der Waals surface area (Å²) in [5.74, 6) is 5.24. The van der Waals surface area contributed by atoms with Gasteiger partial charge in [0, 0.05) is 12.5 Å². The molecule has 0 fully saturated rings. The highest BCUT2D eigenvalue weighted by atomic mass is 19.4. The molecule has 0 amide bonds. The van der Waals surface area contributed by atoms with E-state index in [0.717, 1.165) is 19.6 Å². The minimum Gasteiger partial charge on any atom is -0.304 e. The fourth-order valence-corrected chi connectivity index (χ4v) is 1.53. The first-order chi connectivity index (χ1) is 7.42. The van der Waals surface area contributed by atoms with E-state index in [1.54, 1.807) is 0 Å². The summed E-state index contributed by atoms with van der Waals surface area (Å²) in [6.45, 7) is 6.66. The molecule has 1 unspecified atom stereocenters. The van der Waals surface area contributed by atoms with E-state index in [2.05, 4.69) is 10.3 Å². The van der Waals surface area contributed by atoms with Gasteiger partial charge in [-0.2, -0.15) is 13.2 Å². The molecule has 0 heterocycles. The topological polar surface area (TPSA) is 41.3 Å². The van der Waals surface area contributed by atoms with Gasteiger partial charge in [-0.1, -0.05) is 13.8 Å². The van der Waals surface area contributed by atoms with Crippen molar-refractivity contribution in [3.8, 4) is 0 Å². The van der Waals surface area contributed by atoms with E-state index in [4.69, 9.17) is 5.84 Å². The molecule has 0 radical (unpaired) electrons. The first-order valence-electron chi connectivity index (χ1n) is 5.68. The first-order valence-corrected chi connectivity index (χ1v) is 5.68. The van der Waals surface area contributed by atoms with Crippen LogP contribution in [0.25, 0.3) is 0 Å². The molecule has 0 aromatic carbocycles. The van der Waals surface area contributed by atoms with Crippen LogP contribution in [0.3, 0.4) is 0 Å². The number of nitrogens with one attached hydrogen (secondary N) is 1. The summed E-state index contributed by atoms with van der Waals surface area (Å²) >= 11 is 0. The molecule has 3 nitrogen and oxygen atoms in total. The molecule has 16 heavy (non-hydrogen) atoms. The summed E-state index contributed by atoms with van der Waals surface area (Å²) in [5.41, 5.74) is 2.45. The third-order valence-corrected chi connectivity index (χ3v) is 2.70. The van der Waals surface area contributed by atoms with Gasteiger partial charge in [-0.05, 0) is 32.5 Å². The van der Waals surface area contributed by atoms with Crippen molar-refractivity contribution < 1.29 is 13.2 Å². The molecule has 0 bridgehead atoms. The Morgan fingerprint density at radius 2 is 1.75 bits per heavy atom. The Morgan fingerprint density at radius 1 is 1.19 bits per heavy atom. The van der Waals surface area contributed by atoms with Gasteiger partial charge in [0.2, 0.25) is 0 Å². The zero-order chi connectivity index (χ0) is 12.6. The van der Waals surface area contributed by atoms with Gasteiger partial charge in [0.15, 0.2) is 0 Å². The fraction of sp³-hybridized carbons (Fsp3) is 1.00. The molecule has 1 atom stereocenters. The van der Waals surface area contributed by atoms with Gasteiger partial charge in [0.05, 0.1) is 0 Å². The standard InChI is InChI=1S/C10H22F3N3/c1-3-16(4-2)8-6-9(15-14)5-7-10(11,12)13/h9,15H,3-8,14H2,1-2H3. The van der Waals surface area contributed by atoms with Crippen LogP contribution < -0.4 is 11.3 Å². The minimum absolute atomic E-state index is 0.0429. The first kappa shape index (κ1) is 15.7.